The van der Waals surface area contributed by atoms with Crippen molar-refractivity contribution in [3.05, 3.63) is 29.6 Å². The third-order valence-corrected chi connectivity index (χ3v) is 2.75. The molecule has 0 unspecified atom stereocenters. The lowest BCUT2D eigenvalue weighted by Crippen LogP contribution is -2.38. The molecule has 20 heavy (non-hydrogen) atoms. The van der Waals surface area contributed by atoms with E-state index in [4.69, 9.17) is 5.11 Å². The van der Waals surface area contributed by atoms with Crippen molar-refractivity contribution < 1.29 is 23.5 Å². The van der Waals surface area contributed by atoms with E-state index in [0.717, 1.165) is 12.3 Å². The SMILES string of the molecule is CC(C)N(CCCC(=O)O)C(=O)c1ccnc(F)c1F. The maximum atomic E-state index is 13.5. The third-order valence-electron chi connectivity index (χ3n) is 2.75. The van der Waals surface area contributed by atoms with Gasteiger partial charge in [-0.1, -0.05) is 0 Å². The fraction of sp³-hybridized carbons (Fsp3) is 0.462. The molecule has 0 saturated carbocycles. The number of nitrogens with zero attached hydrogens (tertiary/aromatic N) is 2. The molecule has 0 fully saturated rings. The third kappa shape index (κ3) is 3.97. The Morgan fingerprint density at radius 1 is 1.40 bits per heavy atom. The van der Waals surface area contributed by atoms with Gasteiger partial charge in [0.1, 0.15) is 0 Å². The Bertz CT molecular complexity index is 506. The zero-order chi connectivity index (χ0) is 15.3. The van der Waals surface area contributed by atoms with E-state index in [9.17, 15) is 18.4 Å². The lowest BCUT2D eigenvalue weighted by atomic mass is 10.1. The molecule has 0 aliphatic heterocycles. The zero-order valence-corrected chi connectivity index (χ0v) is 11.3. The summed E-state index contributed by atoms with van der Waals surface area (Å²) in [5.74, 6) is -4.27. The molecule has 1 heterocycles. The van der Waals surface area contributed by atoms with Crippen molar-refractivity contribution in [2.45, 2.75) is 32.7 Å². The molecular formula is C13H16F2N2O3. The van der Waals surface area contributed by atoms with Crippen molar-refractivity contribution in [3.8, 4) is 0 Å². The largest absolute Gasteiger partial charge is 0.481 e. The fourth-order valence-corrected chi connectivity index (χ4v) is 1.73. The molecule has 5 nitrogen and oxygen atoms in total. The number of carboxylic acid groups (broad SMARTS) is 1. The van der Waals surface area contributed by atoms with Gasteiger partial charge >= 0.3 is 5.97 Å². The molecule has 0 saturated heterocycles. The monoisotopic (exact) mass is 286 g/mol. The van der Waals surface area contributed by atoms with Crippen molar-refractivity contribution in [2.75, 3.05) is 6.54 Å². The number of hydrogen-bond donors (Lipinski definition) is 1. The van der Waals surface area contributed by atoms with Crippen LogP contribution in [-0.4, -0.2) is 39.5 Å². The number of halogens is 2. The van der Waals surface area contributed by atoms with Gasteiger partial charge in [-0.25, -0.2) is 9.37 Å². The van der Waals surface area contributed by atoms with Gasteiger partial charge in [-0.05, 0) is 26.3 Å². The molecule has 1 aromatic rings. The van der Waals surface area contributed by atoms with Gasteiger partial charge < -0.3 is 10.0 Å². The van der Waals surface area contributed by atoms with Crippen LogP contribution >= 0.6 is 0 Å². The smallest absolute Gasteiger partial charge is 0.303 e. The molecule has 0 atom stereocenters. The molecule has 110 valence electrons. The van der Waals surface area contributed by atoms with Crippen molar-refractivity contribution in [1.29, 1.82) is 0 Å². The Labute approximate surface area is 115 Å². The summed E-state index contributed by atoms with van der Waals surface area (Å²) in [6.45, 7) is 3.59. The second-order valence-corrected chi connectivity index (χ2v) is 4.55. The summed E-state index contributed by atoms with van der Waals surface area (Å²) in [7, 11) is 0. The topological polar surface area (TPSA) is 70.5 Å². The van der Waals surface area contributed by atoms with Crippen LogP contribution in [0.2, 0.25) is 0 Å². The molecule has 7 heteroatoms. The van der Waals surface area contributed by atoms with Gasteiger partial charge in [-0.15, -0.1) is 0 Å². The van der Waals surface area contributed by atoms with E-state index in [1.807, 2.05) is 0 Å². The number of carbonyl (C=O) groups excluding carboxylic acids is 1. The number of rotatable bonds is 6. The number of pyridine rings is 1. The predicted molar refractivity (Wildman–Crippen MR) is 67.2 cm³/mol. The number of carboxylic acids is 1. The molecule has 0 bridgehead atoms. The van der Waals surface area contributed by atoms with Crippen LogP contribution in [0.15, 0.2) is 12.3 Å². The standard InChI is InChI=1S/C13H16F2N2O3/c1-8(2)17(7-3-4-10(18)19)13(20)9-5-6-16-12(15)11(9)14/h5-6,8H,3-4,7H2,1-2H3,(H,18,19). The molecular weight excluding hydrogens is 270 g/mol. The second-order valence-electron chi connectivity index (χ2n) is 4.55. The number of carbonyl (C=O) groups is 2. The van der Waals surface area contributed by atoms with Crippen LogP contribution in [0.25, 0.3) is 0 Å². The molecule has 1 rings (SSSR count). The van der Waals surface area contributed by atoms with Gasteiger partial charge in [0.15, 0.2) is 5.82 Å². The van der Waals surface area contributed by atoms with E-state index < -0.39 is 29.2 Å². The Kier molecular flexibility index (Phi) is 5.54. The Hall–Kier alpha value is -2.05. The summed E-state index contributed by atoms with van der Waals surface area (Å²) < 4.78 is 26.6. The average molecular weight is 286 g/mol. The molecule has 0 spiro atoms. The summed E-state index contributed by atoms with van der Waals surface area (Å²) in [6, 6.07) is 0.847. The first kappa shape index (κ1) is 16.0. The first-order valence-corrected chi connectivity index (χ1v) is 6.17. The minimum atomic E-state index is -1.33. The number of amides is 1. The van der Waals surface area contributed by atoms with Crippen molar-refractivity contribution in [3.63, 3.8) is 0 Å². The van der Waals surface area contributed by atoms with Gasteiger partial charge in [0.05, 0.1) is 5.56 Å². The summed E-state index contributed by atoms with van der Waals surface area (Å²) in [5.41, 5.74) is -0.401. The summed E-state index contributed by atoms with van der Waals surface area (Å²) in [5, 5.41) is 8.58. The first-order chi connectivity index (χ1) is 9.34. The van der Waals surface area contributed by atoms with E-state index in [-0.39, 0.29) is 25.4 Å². The summed E-state index contributed by atoms with van der Waals surface area (Å²) in [4.78, 5) is 27.1. The van der Waals surface area contributed by atoms with Crippen molar-refractivity contribution >= 4 is 11.9 Å². The van der Waals surface area contributed by atoms with Crippen LogP contribution in [0, 0.1) is 11.8 Å². The van der Waals surface area contributed by atoms with Crippen molar-refractivity contribution in [1.82, 2.24) is 9.88 Å². The second kappa shape index (κ2) is 6.93. The molecule has 1 N–H and O–H groups in total. The summed E-state index contributed by atoms with van der Waals surface area (Å²) in [6.07, 6.45) is 1.17. The molecule has 0 aromatic carbocycles. The van der Waals surface area contributed by atoms with Crippen LogP contribution < -0.4 is 0 Å². The number of hydrogen-bond acceptors (Lipinski definition) is 3. The number of aromatic nitrogens is 1. The Balaban J connectivity index is 2.88. The predicted octanol–water partition coefficient (Wildman–Crippen LogP) is 2.08. The van der Waals surface area contributed by atoms with Crippen LogP contribution in [0.3, 0.4) is 0 Å². The molecule has 0 aliphatic rings. The van der Waals surface area contributed by atoms with Gasteiger partial charge in [0, 0.05) is 25.2 Å². The normalized spacial score (nSPS) is 10.7. The van der Waals surface area contributed by atoms with Crippen LogP contribution in [0.5, 0.6) is 0 Å². The van der Waals surface area contributed by atoms with Crippen LogP contribution in [0.1, 0.15) is 37.0 Å². The average Bonchev–Trinajstić information content (AvgIpc) is 2.36. The van der Waals surface area contributed by atoms with E-state index in [1.165, 1.54) is 4.90 Å². The maximum Gasteiger partial charge on any atom is 0.303 e. The minimum absolute atomic E-state index is 0.0936. The first-order valence-electron chi connectivity index (χ1n) is 6.17. The highest BCUT2D eigenvalue weighted by molar-refractivity contribution is 5.94. The van der Waals surface area contributed by atoms with E-state index in [0.29, 0.717) is 0 Å². The Morgan fingerprint density at radius 2 is 2.05 bits per heavy atom. The highest BCUT2D eigenvalue weighted by Gasteiger charge is 2.23. The molecule has 0 radical (unpaired) electrons. The lowest BCUT2D eigenvalue weighted by molar-refractivity contribution is -0.137. The zero-order valence-electron chi connectivity index (χ0n) is 11.3. The lowest BCUT2D eigenvalue weighted by Gasteiger charge is -2.26. The van der Waals surface area contributed by atoms with E-state index in [2.05, 4.69) is 4.98 Å². The van der Waals surface area contributed by atoms with Crippen LogP contribution in [0.4, 0.5) is 8.78 Å². The highest BCUT2D eigenvalue weighted by Crippen LogP contribution is 2.14. The molecule has 1 aromatic heterocycles. The number of aliphatic carboxylic acids is 1. The fourth-order valence-electron chi connectivity index (χ4n) is 1.73. The van der Waals surface area contributed by atoms with Gasteiger partial charge in [-0.2, -0.15) is 4.39 Å². The molecule has 1 amide bonds. The highest BCUT2D eigenvalue weighted by atomic mass is 19.2. The van der Waals surface area contributed by atoms with Gasteiger partial charge in [-0.3, -0.25) is 9.59 Å². The summed E-state index contributed by atoms with van der Waals surface area (Å²) >= 11 is 0. The van der Waals surface area contributed by atoms with E-state index >= 15 is 0 Å². The van der Waals surface area contributed by atoms with Gasteiger partial charge in [0.25, 0.3) is 5.91 Å². The molecule has 0 aliphatic carbocycles. The van der Waals surface area contributed by atoms with Gasteiger partial charge in [0.2, 0.25) is 5.95 Å². The maximum absolute atomic E-state index is 13.5. The van der Waals surface area contributed by atoms with E-state index in [1.54, 1.807) is 13.8 Å². The van der Waals surface area contributed by atoms with Crippen molar-refractivity contribution in [2.24, 2.45) is 0 Å². The Morgan fingerprint density at radius 3 is 2.60 bits per heavy atom. The quantitative estimate of drug-likeness (QED) is 0.813. The van der Waals surface area contributed by atoms with Crippen LogP contribution in [-0.2, 0) is 4.79 Å². The minimum Gasteiger partial charge on any atom is -0.481 e.